The fourth-order valence-electron chi connectivity index (χ4n) is 3.48. The molecule has 19 heavy (non-hydrogen) atoms. The van der Waals surface area contributed by atoms with E-state index in [1.54, 1.807) is 6.07 Å². The van der Waals surface area contributed by atoms with Crippen molar-refractivity contribution in [2.24, 2.45) is 17.8 Å². The minimum Gasteiger partial charge on any atom is -0.463 e. The average molecular weight is 263 g/mol. The molecule has 3 atom stereocenters. The Balaban J connectivity index is 1.75. The number of fused-ring (bicyclic) bond motifs is 1. The summed E-state index contributed by atoms with van der Waals surface area (Å²) in [5.74, 6) is 3.29. The Kier molecular flexibility index (Phi) is 3.35. The zero-order valence-corrected chi connectivity index (χ0v) is 11.5. The van der Waals surface area contributed by atoms with Crippen LogP contribution >= 0.6 is 0 Å². The summed E-state index contributed by atoms with van der Waals surface area (Å²) < 4.78 is 10.4. The van der Waals surface area contributed by atoms with Crippen LogP contribution in [0.3, 0.4) is 0 Å². The molecule has 0 spiro atoms. The van der Waals surface area contributed by atoms with Gasteiger partial charge in [0.05, 0.1) is 13.2 Å². The van der Waals surface area contributed by atoms with Gasteiger partial charge in [-0.05, 0) is 55.7 Å². The molecule has 0 aromatic carbocycles. The van der Waals surface area contributed by atoms with Gasteiger partial charge in [-0.2, -0.15) is 0 Å². The van der Waals surface area contributed by atoms with Crippen molar-refractivity contribution in [1.82, 2.24) is 5.32 Å². The molecule has 3 rings (SSSR count). The zero-order chi connectivity index (χ0) is 13.4. The second-order valence-corrected chi connectivity index (χ2v) is 5.72. The van der Waals surface area contributed by atoms with Crippen molar-refractivity contribution in [3.8, 4) is 0 Å². The molecule has 2 saturated carbocycles. The molecule has 0 saturated heterocycles. The molecule has 1 N–H and O–H groups in total. The highest BCUT2D eigenvalue weighted by molar-refractivity contribution is 5.86. The Morgan fingerprint density at radius 2 is 2.16 bits per heavy atom. The number of esters is 1. The van der Waals surface area contributed by atoms with Crippen LogP contribution in [0, 0.1) is 17.8 Å². The lowest BCUT2D eigenvalue weighted by Crippen LogP contribution is -2.27. The molecule has 0 radical (unpaired) electrons. The minimum atomic E-state index is -0.407. The Labute approximate surface area is 113 Å². The van der Waals surface area contributed by atoms with Gasteiger partial charge in [-0.25, -0.2) is 4.79 Å². The van der Waals surface area contributed by atoms with E-state index in [1.165, 1.54) is 26.4 Å². The van der Waals surface area contributed by atoms with E-state index in [4.69, 9.17) is 4.42 Å². The lowest BCUT2D eigenvalue weighted by atomic mass is 9.92. The second kappa shape index (κ2) is 5.00. The van der Waals surface area contributed by atoms with Crippen LogP contribution in [0.25, 0.3) is 0 Å². The maximum atomic E-state index is 11.5. The standard InChI is InChI=1S/C15H21NO3/c1-3-16-14(11-7-9-6-10(9)8-11)12-4-5-13(19-12)15(17)18-2/h4-5,9-11,14,16H,3,6-8H2,1-2H3. The number of rotatable bonds is 5. The number of furan rings is 1. The predicted molar refractivity (Wildman–Crippen MR) is 70.8 cm³/mol. The van der Waals surface area contributed by atoms with Gasteiger partial charge in [0.1, 0.15) is 5.76 Å². The van der Waals surface area contributed by atoms with Gasteiger partial charge in [0.15, 0.2) is 0 Å². The molecule has 1 aromatic rings. The van der Waals surface area contributed by atoms with Gasteiger partial charge >= 0.3 is 5.97 Å². The first-order chi connectivity index (χ1) is 9.22. The zero-order valence-electron chi connectivity index (χ0n) is 11.5. The molecule has 1 heterocycles. The summed E-state index contributed by atoms with van der Waals surface area (Å²) in [5.41, 5.74) is 0. The van der Waals surface area contributed by atoms with Crippen molar-refractivity contribution in [1.29, 1.82) is 0 Å². The molecule has 2 aliphatic rings. The largest absolute Gasteiger partial charge is 0.463 e. The summed E-state index contributed by atoms with van der Waals surface area (Å²) in [7, 11) is 1.37. The van der Waals surface area contributed by atoms with Crippen LogP contribution in [0.4, 0.5) is 0 Å². The highest BCUT2D eigenvalue weighted by Gasteiger charge is 2.48. The number of nitrogens with one attached hydrogen (secondary N) is 1. The van der Waals surface area contributed by atoms with Crippen molar-refractivity contribution < 1.29 is 13.9 Å². The first-order valence-electron chi connectivity index (χ1n) is 7.14. The maximum absolute atomic E-state index is 11.5. The van der Waals surface area contributed by atoms with Crippen LogP contribution in [0.15, 0.2) is 16.5 Å². The van der Waals surface area contributed by atoms with Gasteiger partial charge < -0.3 is 14.5 Å². The molecule has 0 amide bonds. The first kappa shape index (κ1) is 12.7. The number of hydrogen-bond acceptors (Lipinski definition) is 4. The van der Waals surface area contributed by atoms with Gasteiger partial charge in [0, 0.05) is 0 Å². The summed E-state index contributed by atoms with van der Waals surface area (Å²) >= 11 is 0. The van der Waals surface area contributed by atoms with Gasteiger partial charge in [0.25, 0.3) is 0 Å². The smallest absolute Gasteiger partial charge is 0.373 e. The third-order valence-corrected chi connectivity index (χ3v) is 4.50. The van der Waals surface area contributed by atoms with Gasteiger partial charge in [0.2, 0.25) is 5.76 Å². The van der Waals surface area contributed by atoms with Crippen molar-refractivity contribution in [2.45, 2.75) is 32.2 Å². The van der Waals surface area contributed by atoms with E-state index in [0.717, 1.165) is 24.1 Å². The van der Waals surface area contributed by atoms with E-state index >= 15 is 0 Å². The van der Waals surface area contributed by atoms with Gasteiger partial charge in [-0.3, -0.25) is 0 Å². The fraction of sp³-hybridized carbons (Fsp3) is 0.667. The van der Waals surface area contributed by atoms with E-state index in [-0.39, 0.29) is 6.04 Å². The third-order valence-electron chi connectivity index (χ3n) is 4.50. The normalized spacial score (nSPS) is 29.9. The van der Waals surface area contributed by atoms with E-state index in [9.17, 15) is 4.79 Å². The van der Waals surface area contributed by atoms with Crippen LogP contribution in [-0.4, -0.2) is 19.6 Å². The second-order valence-electron chi connectivity index (χ2n) is 5.72. The molecule has 0 aliphatic heterocycles. The van der Waals surface area contributed by atoms with Crippen LogP contribution in [0.1, 0.15) is 48.5 Å². The maximum Gasteiger partial charge on any atom is 0.373 e. The average Bonchev–Trinajstić information content (AvgIpc) is 2.85. The molecule has 2 fully saturated rings. The quantitative estimate of drug-likeness (QED) is 0.830. The Hall–Kier alpha value is -1.29. The molecule has 104 valence electrons. The first-order valence-corrected chi connectivity index (χ1v) is 7.14. The van der Waals surface area contributed by atoms with Crippen LogP contribution in [0.2, 0.25) is 0 Å². The monoisotopic (exact) mass is 263 g/mol. The number of carbonyl (C=O) groups excluding carboxylic acids is 1. The Bertz CT molecular complexity index is 458. The topological polar surface area (TPSA) is 51.5 Å². The predicted octanol–water partition coefficient (Wildman–Crippen LogP) is 2.76. The Morgan fingerprint density at radius 3 is 2.79 bits per heavy atom. The molecule has 0 bridgehead atoms. The lowest BCUT2D eigenvalue weighted by molar-refractivity contribution is 0.0560. The van der Waals surface area contributed by atoms with E-state index in [0.29, 0.717) is 11.7 Å². The van der Waals surface area contributed by atoms with E-state index < -0.39 is 5.97 Å². The summed E-state index contributed by atoms with van der Waals surface area (Å²) in [6.07, 6.45) is 3.99. The molecule has 2 aliphatic carbocycles. The Morgan fingerprint density at radius 1 is 1.42 bits per heavy atom. The summed E-state index contributed by atoms with van der Waals surface area (Å²) in [6, 6.07) is 3.85. The molecule has 4 heteroatoms. The van der Waals surface area contributed by atoms with Gasteiger partial charge in [-0.1, -0.05) is 6.92 Å². The third kappa shape index (κ3) is 2.41. The highest BCUT2D eigenvalue weighted by atomic mass is 16.5. The lowest BCUT2D eigenvalue weighted by Gasteiger charge is -2.23. The number of methoxy groups -OCH3 is 1. The van der Waals surface area contributed by atoms with Crippen LogP contribution in [-0.2, 0) is 4.74 Å². The highest BCUT2D eigenvalue weighted by Crippen LogP contribution is 2.57. The number of hydrogen-bond donors (Lipinski definition) is 1. The molecule has 4 nitrogen and oxygen atoms in total. The van der Waals surface area contributed by atoms with Crippen molar-refractivity contribution >= 4 is 5.97 Å². The number of ether oxygens (including phenoxy) is 1. The van der Waals surface area contributed by atoms with E-state index in [1.807, 2.05) is 6.07 Å². The van der Waals surface area contributed by atoms with Crippen LogP contribution in [0.5, 0.6) is 0 Å². The van der Waals surface area contributed by atoms with E-state index in [2.05, 4.69) is 17.0 Å². The minimum absolute atomic E-state index is 0.233. The summed E-state index contributed by atoms with van der Waals surface area (Å²) in [6.45, 7) is 3.01. The van der Waals surface area contributed by atoms with Crippen molar-refractivity contribution in [2.75, 3.05) is 13.7 Å². The van der Waals surface area contributed by atoms with Crippen molar-refractivity contribution in [3.63, 3.8) is 0 Å². The van der Waals surface area contributed by atoms with Gasteiger partial charge in [-0.15, -0.1) is 0 Å². The summed E-state index contributed by atoms with van der Waals surface area (Å²) in [4.78, 5) is 11.5. The fourth-order valence-corrected chi connectivity index (χ4v) is 3.48. The molecular formula is C15H21NO3. The summed E-state index contributed by atoms with van der Waals surface area (Å²) in [5, 5.41) is 3.51. The molecule has 3 unspecified atom stereocenters. The number of carbonyl (C=O) groups is 1. The molecule has 1 aromatic heterocycles. The molecular weight excluding hydrogens is 242 g/mol. The van der Waals surface area contributed by atoms with Crippen LogP contribution < -0.4 is 5.32 Å². The SMILES string of the molecule is CCNC(c1ccc(C(=O)OC)o1)C1CC2CC2C1. The van der Waals surface area contributed by atoms with Crippen molar-refractivity contribution in [3.05, 3.63) is 23.7 Å².